The van der Waals surface area contributed by atoms with E-state index in [-0.39, 0.29) is 5.24 Å². The summed E-state index contributed by atoms with van der Waals surface area (Å²) in [6, 6.07) is 10.0. The van der Waals surface area contributed by atoms with E-state index in [9.17, 15) is 4.79 Å². The highest BCUT2D eigenvalue weighted by atomic mass is 32.2. The molecule has 0 aromatic heterocycles. The van der Waals surface area contributed by atoms with Crippen molar-refractivity contribution >= 4 is 40.3 Å². The van der Waals surface area contributed by atoms with E-state index in [2.05, 4.69) is 11.4 Å². The Kier molecular flexibility index (Phi) is 3.76. The van der Waals surface area contributed by atoms with Crippen molar-refractivity contribution in [3.63, 3.8) is 0 Å². The van der Waals surface area contributed by atoms with Gasteiger partial charge in [0.05, 0.1) is 4.91 Å². The van der Waals surface area contributed by atoms with E-state index in [1.165, 1.54) is 0 Å². The van der Waals surface area contributed by atoms with Crippen molar-refractivity contribution in [1.29, 1.82) is 0 Å². The largest absolute Gasteiger partial charge is 0.307 e. The molecule has 17 heavy (non-hydrogen) atoms. The molecule has 1 N–H and O–H groups in total. The lowest BCUT2D eigenvalue weighted by Crippen LogP contribution is -2.15. The van der Waals surface area contributed by atoms with Crippen molar-refractivity contribution < 1.29 is 4.79 Å². The molecule has 0 radical (unpaired) electrons. The highest BCUT2D eigenvalue weighted by Gasteiger charge is 2.21. The number of hydrogen-bond acceptors (Lipinski definition) is 3. The van der Waals surface area contributed by atoms with Gasteiger partial charge in [-0.15, -0.1) is 0 Å². The zero-order valence-electron chi connectivity index (χ0n) is 9.27. The monoisotopic (exact) mass is 261 g/mol. The van der Waals surface area contributed by atoms with Crippen LogP contribution in [0.2, 0.25) is 0 Å². The van der Waals surface area contributed by atoms with Gasteiger partial charge >= 0.3 is 0 Å². The van der Waals surface area contributed by atoms with Gasteiger partial charge in [-0.1, -0.05) is 48.6 Å². The lowest BCUT2D eigenvalue weighted by molar-refractivity contribution is 0.265. The first-order valence-corrected chi connectivity index (χ1v) is 6.36. The number of carbonyl (C=O) groups excluding carboxylic acids is 1. The van der Waals surface area contributed by atoms with Gasteiger partial charge in [0, 0.05) is 0 Å². The zero-order valence-corrected chi connectivity index (χ0v) is 10.9. The lowest BCUT2D eigenvalue weighted by Gasteiger charge is -1.97. The molecule has 1 aromatic carbocycles. The minimum Gasteiger partial charge on any atom is -0.307 e. The van der Waals surface area contributed by atoms with E-state index in [1.807, 2.05) is 43.3 Å². The van der Waals surface area contributed by atoms with Crippen LogP contribution in [0.3, 0.4) is 0 Å². The summed E-state index contributed by atoms with van der Waals surface area (Å²) in [5, 5.41) is 2.49. The number of thioether (sulfide) groups is 1. The van der Waals surface area contributed by atoms with Crippen LogP contribution in [0.15, 0.2) is 46.9 Å². The molecule has 1 saturated heterocycles. The summed E-state index contributed by atoms with van der Waals surface area (Å²) >= 11 is 6.19. The Labute approximate surface area is 110 Å². The molecule has 0 saturated carbocycles. The van der Waals surface area contributed by atoms with E-state index >= 15 is 0 Å². The second-order valence-electron chi connectivity index (χ2n) is 3.65. The summed E-state index contributed by atoms with van der Waals surface area (Å²) in [5.74, 6) is 0. The number of amides is 1. The Morgan fingerprint density at radius 2 is 2.06 bits per heavy atom. The maximum atomic E-state index is 11.1. The van der Waals surface area contributed by atoms with Crippen LogP contribution in [0.4, 0.5) is 4.79 Å². The number of allylic oxidation sites excluding steroid dienone is 2. The molecule has 1 heterocycles. The van der Waals surface area contributed by atoms with Crippen LogP contribution >= 0.6 is 24.0 Å². The van der Waals surface area contributed by atoms with E-state index in [4.69, 9.17) is 12.2 Å². The predicted octanol–water partition coefficient (Wildman–Crippen LogP) is 3.76. The molecule has 0 spiro atoms. The molecular weight excluding hydrogens is 250 g/mol. The second kappa shape index (κ2) is 5.29. The van der Waals surface area contributed by atoms with Gasteiger partial charge in [0.1, 0.15) is 4.99 Å². The predicted molar refractivity (Wildman–Crippen MR) is 76.9 cm³/mol. The molecule has 86 valence electrons. The number of thiocarbonyl (C=S) groups is 1. The molecule has 4 heteroatoms. The Bertz CT molecular complexity index is 517. The van der Waals surface area contributed by atoms with Crippen molar-refractivity contribution in [3.8, 4) is 0 Å². The van der Waals surface area contributed by atoms with Gasteiger partial charge in [-0.05, 0) is 35.9 Å². The maximum absolute atomic E-state index is 11.1. The molecule has 0 aliphatic carbocycles. The van der Waals surface area contributed by atoms with Gasteiger partial charge in [0.25, 0.3) is 5.24 Å². The molecule has 0 unspecified atom stereocenters. The zero-order chi connectivity index (χ0) is 12.3. The number of rotatable bonds is 2. The van der Waals surface area contributed by atoms with Crippen LogP contribution in [-0.4, -0.2) is 10.2 Å². The van der Waals surface area contributed by atoms with E-state index in [0.29, 0.717) is 4.99 Å². The van der Waals surface area contributed by atoms with E-state index in [0.717, 1.165) is 27.8 Å². The highest BCUT2D eigenvalue weighted by Crippen LogP contribution is 2.25. The molecule has 0 bridgehead atoms. The summed E-state index contributed by atoms with van der Waals surface area (Å²) in [7, 11) is 0. The Morgan fingerprint density at radius 1 is 1.35 bits per heavy atom. The van der Waals surface area contributed by atoms with Crippen LogP contribution in [0, 0.1) is 0 Å². The third kappa shape index (κ3) is 3.28. The fraction of sp³-hybridized carbons (Fsp3) is 0.0769. The second-order valence-corrected chi connectivity index (χ2v) is 5.07. The minimum atomic E-state index is -0.103. The van der Waals surface area contributed by atoms with Crippen molar-refractivity contribution in [2.75, 3.05) is 0 Å². The summed E-state index contributed by atoms with van der Waals surface area (Å²) in [6.45, 7) is 1.99. The smallest absolute Gasteiger partial charge is 0.289 e. The Morgan fingerprint density at radius 3 is 2.65 bits per heavy atom. The van der Waals surface area contributed by atoms with Crippen LogP contribution in [0.5, 0.6) is 0 Å². The van der Waals surface area contributed by atoms with Gasteiger partial charge in [0.2, 0.25) is 0 Å². The van der Waals surface area contributed by atoms with Gasteiger partial charge in [0.15, 0.2) is 0 Å². The summed E-state index contributed by atoms with van der Waals surface area (Å²) in [6.07, 6.45) is 3.98. The first kappa shape index (κ1) is 12.1. The van der Waals surface area contributed by atoms with Crippen molar-refractivity contribution in [2.45, 2.75) is 6.92 Å². The molecule has 1 aromatic rings. The first-order valence-electron chi connectivity index (χ1n) is 5.13. The van der Waals surface area contributed by atoms with Gasteiger partial charge in [-0.25, -0.2) is 0 Å². The van der Waals surface area contributed by atoms with Gasteiger partial charge in [-0.2, -0.15) is 0 Å². The third-order valence-electron chi connectivity index (χ3n) is 2.19. The molecule has 1 fully saturated rings. The summed E-state index contributed by atoms with van der Waals surface area (Å²) < 4.78 is 0. The van der Waals surface area contributed by atoms with Gasteiger partial charge in [-0.3, -0.25) is 4.79 Å². The van der Waals surface area contributed by atoms with E-state index in [1.54, 1.807) is 0 Å². The molecule has 1 aliphatic rings. The number of carbonyl (C=O) groups is 1. The fourth-order valence-electron chi connectivity index (χ4n) is 1.48. The normalized spacial score (nSPS) is 18.6. The van der Waals surface area contributed by atoms with Crippen LogP contribution in [-0.2, 0) is 0 Å². The van der Waals surface area contributed by atoms with Crippen molar-refractivity contribution in [2.24, 2.45) is 0 Å². The fourth-order valence-corrected chi connectivity index (χ4v) is 2.56. The van der Waals surface area contributed by atoms with Crippen LogP contribution in [0.25, 0.3) is 6.08 Å². The lowest BCUT2D eigenvalue weighted by atomic mass is 10.1. The van der Waals surface area contributed by atoms with Crippen LogP contribution < -0.4 is 5.32 Å². The average molecular weight is 261 g/mol. The van der Waals surface area contributed by atoms with Crippen molar-refractivity contribution in [1.82, 2.24) is 5.32 Å². The molecule has 1 aliphatic heterocycles. The average Bonchev–Trinajstić information content (AvgIpc) is 2.58. The first-order chi connectivity index (χ1) is 8.15. The molecule has 2 nitrogen and oxygen atoms in total. The summed E-state index contributed by atoms with van der Waals surface area (Å²) in [4.78, 5) is 12.4. The Hall–Kier alpha value is -1.39. The number of benzene rings is 1. The topological polar surface area (TPSA) is 29.1 Å². The summed E-state index contributed by atoms with van der Waals surface area (Å²) in [5.41, 5.74) is 2.20. The molecule has 1 amide bonds. The SMILES string of the molecule is CC(/C=C1\SC(=O)NC1=S)=C\c1ccccc1. The standard InChI is InChI=1S/C13H11NOS2/c1-9(7-10-5-3-2-4-6-10)8-11-12(16)14-13(15)17-11/h2-8H,1H3,(H,14,15,16)/b9-7+,11-8-. The van der Waals surface area contributed by atoms with E-state index < -0.39 is 0 Å². The molecule has 0 atom stereocenters. The van der Waals surface area contributed by atoms with Gasteiger partial charge < -0.3 is 5.32 Å². The number of hydrogen-bond donors (Lipinski definition) is 1. The third-order valence-corrected chi connectivity index (χ3v) is 3.48. The number of nitrogens with one attached hydrogen (secondary N) is 1. The molecule has 2 rings (SSSR count). The quantitative estimate of drug-likeness (QED) is 0.649. The Balaban J connectivity index is 2.19. The highest BCUT2D eigenvalue weighted by molar-refractivity contribution is 8.19. The minimum absolute atomic E-state index is 0.103. The maximum Gasteiger partial charge on any atom is 0.289 e. The van der Waals surface area contributed by atoms with Crippen molar-refractivity contribution in [3.05, 3.63) is 52.4 Å². The molecular formula is C13H11NOS2. The van der Waals surface area contributed by atoms with Crippen LogP contribution in [0.1, 0.15) is 12.5 Å².